The minimum atomic E-state index is -0.312. The van der Waals surface area contributed by atoms with Crippen molar-refractivity contribution in [3.05, 3.63) is 69.7 Å². The highest BCUT2D eigenvalue weighted by molar-refractivity contribution is 6.30. The van der Waals surface area contributed by atoms with Crippen molar-refractivity contribution in [3.63, 3.8) is 0 Å². The average molecular weight is 432 g/mol. The summed E-state index contributed by atoms with van der Waals surface area (Å²) in [6, 6.07) is 15.3. The zero-order chi connectivity index (χ0) is 20.4. The summed E-state index contributed by atoms with van der Waals surface area (Å²) in [4.78, 5) is 16.3. The second-order valence-corrected chi connectivity index (χ2v) is 7.61. The Labute approximate surface area is 178 Å². The van der Waals surface area contributed by atoms with E-state index in [1.54, 1.807) is 4.68 Å². The number of aromatic nitrogens is 3. The number of nitrogens with zero attached hydrogens (tertiary/aromatic N) is 3. The summed E-state index contributed by atoms with van der Waals surface area (Å²) in [5.74, 6) is 0.488. The highest BCUT2D eigenvalue weighted by Crippen LogP contribution is 2.38. The van der Waals surface area contributed by atoms with E-state index < -0.39 is 0 Å². The van der Waals surface area contributed by atoms with E-state index in [-0.39, 0.29) is 30.5 Å². The first-order chi connectivity index (χ1) is 14.0. The molecule has 2 atom stereocenters. The van der Waals surface area contributed by atoms with E-state index in [4.69, 9.17) is 27.9 Å². The molecule has 150 valence electrons. The molecule has 7 nitrogen and oxygen atoms in total. The van der Waals surface area contributed by atoms with Gasteiger partial charge in [-0.1, -0.05) is 47.5 Å². The fourth-order valence-electron chi connectivity index (χ4n) is 3.40. The van der Waals surface area contributed by atoms with Crippen molar-refractivity contribution in [2.45, 2.75) is 18.5 Å². The molecule has 2 heterocycles. The Morgan fingerprint density at radius 2 is 1.76 bits per heavy atom. The van der Waals surface area contributed by atoms with Gasteiger partial charge < -0.3 is 10.1 Å². The van der Waals surface area contributed by atoms with Gasteiger partial charge in [0.2, 0.25) is 5.95 Å². The maximum atomic E-state index is 11.9. The Morgan fingerprint density at radius 1 is 1.14 bits per heavy atom. The predicted molar refractivity (Wildman–Crippen MR) is 113 cm³/mol. The third kappa shape index (κ3) is 4.37. The number of nitrogens with one attached hydrogen (secondary N) is 2. The van der Waals surface area contributed by atoms with Crippen LogP contribution in [0.5, 0.6) is 0 Å². The quantitative estimate of drug-likeness (QED) is 0.628. The van der Waals surface area contributed by atoms with E-state index >= 15 is 0 Å². The molecule has 1 aromatic heterocycles. The van der Waals surface area contributed by atoms with Crippen LogP contribution in [0.2, 0.25) is 10.0 Å². The van der Waals surface area contributed by atoms with Gasteiger partial charge in [0.25, 0.3) is 11.9 Å². The van der Waals surface area contributed by atoms with Crippen LogP contribution in [0.3, 0.4) is 0 Å². The molecule has 2 N–H and O–H groups in total. The van der Waals surface area contributed by atoms with Gasteiger partial charge in [0.15, 0.2) is 0 Å². The topological polar surface area (TPSA) is 81.1 Å². The molecule has 0 aliphatic carbocycles. The maximum absolute atomic E-state index is 11.9. The Hall–Kier alpha value is -2.61. The van der Waals surface area contributed by atoms with Gasteiger partial charge in [0.1, 0.15) is 6.61 Å². The van der Waals surface area contributed by atoms with Crippen LogP contribution >= 0.6 is 23.2 Å². The van der Waals surface area contributed by atoms with E-state index in [0.717, 1.165) is 17.5 Å². The van der Waals surface area contributed by atoms with Gasteiger partial charge >= 0.3 is 0 Å². The van der Waals surface area contributed by atoms with Gasteiger partial charge in [-0.3, -0.25) is 10.1 Å². The predicted octanol–water partition coefficient (Wildman–Crippen LogP) is 4.32. The zero-order valence-electron chi connectivity index (χ0n) is 15.6. The van der Waals surface area contributed by atoms with Crippen LogP contribution in [0.15, 0.2) is 48.5 Å². The summed E-state index contributed by atoms with van der Waals surface area (Å²) in [6.45, 7) is -0.0642. The molecule has 2 aromatic carbocycles. The molecular formula is C20H19Cl2N5O2. The van der Waals surface area contributed by atoms with Gasteiger partial charge in [-0.15, -0.1) is 5.10 Å². The van der Waals surface area contributed by atoms with Gasteiger partial charge in [-0.05, 0) is 41.8 Å². The molecular weight excluding hydrogens is 413 g/mol. The number of halogens is 2. The van der Waals surface area contributed by atoms with E-state index in [2.05, 4.69) is 20.7 Å². The first-order valence-electron chi connectivity index (χ1n) is 9.06. The van der Waals surface area contributed by atoms with Crippen LogP contribution in [0.4, 0.5) is 11.9 Å². The third-order valence-corrected chi connectivity index (χ3v) is 5.25. The summed E-state index contributed by atoms with van der Waals surface area (Å²) < 4.78 is 6.64. The number of rotatable bonds is 5. The number of hydrogen-bond acceptors (Lipinski definition) is 5. The molecule has 29 heavy (non-hydrogen) atoms. The molecule has 0 radical (unpaired) electrons. The number of hydrogen-bond donors (Lipinski definition) is 2. The van der Waals surface area contributed by atoms with Crippen molar-refractivity contribution in [2.24, 2.45) is 0 Å². The summed E-state index contributed by atoms with van der Waals surface area (Å²) in [5.41, 5.74) is 2.14. The summed E-state index contributed by atoms with van der Waals surface area (Å²) >= 11 is 12.1. The Bertz CT molecular complexity index is 1000. The van der Waals surface area contributed by atoms with Crippen molar-refractivity contribution in [2.75, 3.05) is 24.4 Å². The van der Waals surface area contributed by atoms with Crippen LogP contribution in [0.25, 0.3) is 0 Å². The normalized spacial score (nSPS) is 18.0. The number of carbonyl (C=O) groups is 1. The van der Waals surface area contributed by atoms with Crippen molar-refractivity contribution < 1.29 is 9.53 Å². The van der Waals surface area contributed by atoms with E-state index in [0.29, 0.717) is 16.0 Å². The average Bonchev–Trinajstić information content (AvgIpc) is 3.11. The molecule has 0 unspecified atom stereocenters. The van der Waals surface area contributed by atoms with Gasteiger partial charge in [0.05, 0.1) is 12.1 Å². The highest BCUT2D eigenvalue weighted by atomic mass is 35.5. The molecule has 1 aliphatic rings. The van der Waals surface area contributed by atoms with Crippen LogP contribution in [0.1, 0.15) is 29.6 Å². The van der Waals surface area contributed by atoms with Crippen molar-refractivity contribution >= 4 is 41.0 Å². The molecule has 1 aliphatic heterocycles. The minimum Gasteiger partial charge on any atom is -0.375 e. The standard InChI is InChI=1S/C20H19Cl2N5O2/c1-29-11-18(28)24-19-25-20-23-16(12-2-6-14(21)7-3-12)10-17(27(20)26-19)13-4-8-15(22)9-5-13/h2-9,16-17H,10-11H2,1H3,(H2,23,24,25,26,28)/t16-,17+/m1/s1. The van der Waals surface area contributed by atoms with E-state index in [1.807, 2.05) is 48.5 Å². The van der Waals surface area contributed by atoms with Gasteiger partial charge in [-0.2, -0.15) is 4.98 Å². The molecule has 0 saturated heterocycles. The van der Waals surface area contributed by atoms with Crippen LogP contribution in [-0.4, -0.2) is 34.4 Å². The number of fused-ring (bicyclic) bond motifs is 1. The number of ether oxygens (including phenoxy) is 1. The van der Waals surface area contributed by atoms with Crippen LogP contribution < -0.4 is 10.6 Å². The first-order valence-corrected chi connectivity index (χ1v) is 9.82. The Morgan fingerprint density at radius 3 is 2.38 bits per heavy atom. The largest absolute Gasteiger partial charge is 0.375 e. The third-order valence-electron chi connectivity index (χ3n) is 4.74. The molecule has 9 heteroatoms. The highest BCUT2D eigenvalue weighted by Gasteiger charge is 2.31. The molecule has 3 aromatic rings. The second kappa shape index (κ2) is 8.41. The van der Waals surface area contributed by atoms with E-state index in [9.17, 15) is 4.79 Å². The summed E-state index contributed by atoms with van der Waals surface area (Å²) in [5, 5.41) is 11.9. The number of anilines is 2. The molecule has 4 rings (SSSR count). The number of carbonyl (C=O) groups excluding carboxylic acids is 1. The lowest BCUT2D eigenvalue weighted by Crippen LogP contribution is -2.28. The maximum Gasteiger partial charge on any atom is 0.252 e. The zero-order valence-corrected chi connectivity index (χ0v) is 17.1. The molecule has 0 fully saturated rings. The molecule has 0 spiro atoms. The fourth-order valence-corrected chi connectivity index (χ4v) is 3.65. The van der Waals surface area contributed by atoms with Crippen LogP contribution in [-0.2, 0) is 9.53 Å². The lowest BCUT2D eigenvalue weighted by atomic mass is 9.93. The molecule has 1 amide bonds. The number of amides is 1. The summed E-state index contributed by atoms with van der Waals surface area (Å²) in [7, 11) is 1.46. The molecule has 0 bridgehead atoms. The van der Waals surface area contributed by atoms with Crippen molar-refractivity contribution in [1.29, 1.82) is 0 Å². The van der Waals surface area contributed by atoms with Crippen molar-refractivity contribution in [1.82, 2.24) is 14.8 Å². The van der Waals surface area contributed by atoms with Gasteiger partial charge in [0, 0.05) is 17.2 Å². The summed E-state index contributed by atoms with van der Waals surface area (Å²) in [6.07, 6.45) is 0.741. The minimum absolute atomic E-state index is 0.00664. The second-order valence-electron chi connectivity index (χ2n) is 6.74. The SMILES string of the molecule is COCC(=O)Nc1nc2n(n1)[C@H](c1ccc(Cl)cc1)C[C@H](c1ccc(Cl)cc1)N2. The Balaban J connectivity index is 1.69. The first kappa shape index (κ1) is 19.7. The van der Waals surface area contributed by atoms with Crippen LogP contribution in [0, 0.1) is 0 Å². The Kier molecular flexibility index (Phi) is 5.71. The lowest BCUT2D eigenvalue weighted by molar-refractivity contribution is -0.119. The monoisotopic (exact) mass is 431 g/mol. The van der Waals surface area contributed by atoms with Crippen molar-refractivity contribution in [3.8, 4) is 0 Å². The molecule has 0 saturated carbocycles. The number of benzene rings is 2. The number of methoxy groups -OCH3 is 1. The lowest BCUT2D eigenvalue weighted by Gasteiger charge is -2.31. The van der Waals surface area contributed by atoms with Gasteiger partial charge in [-0.25, -0.2) is 4.68 Å². The van der Waals surface area contributed by atoms with E-state index in [1.165, 1.54) is 7.11 Å². The smallest absolute Gasteiger partial charge is 0.252 e. The fraction of sp³-hybridized carbons (Fsp3) is 0.250.